The van der Waals surface area contributed by atoms with E-state index in [1.165, 1.54) is 0 Å². The van der Waals surface area contributed by atoms with Crippen molar-refractivity contribution < 1.29 is 23.8 Å². The molecule has 0 radical (unpaired) electrons. The molecular weight excluding hydrogens is 256 g/mol. The predicted molar refractivity (Wildman–Crippen MR) is 65.7 cm³/mol. The molecule has 1 unspecified atom stereocenters. The summed E-state index contributed by atoms with van der Waals surface area (Å²) in [5.41, 5.74) is -0.0606. The molecule has 1 aromatic carbocycles. The lowest BCUT2D eigenvalue weighted by atomic mass is 10.1. The molecule has 0 aliphatic heterocycles. The molecule has 0 bridgehead atoms. The van der Waals surface area contributed by atoms with Crippen LogP contribution in [0.5, 0.6) is 0 Å². The zero-order valence-electron chi connectivity index (χ0n) is 10.6. The Morgan fingerprint density at radius 1 is 1.42 bits per heavy atom. The molecule has 19 heavy (non-hydrogen) atoms. The summed E-state index contributed by atoms with van der Waals surface area (Å²) in [7, 11) is 0. The molecule has 0 aliphatic carbocycles. The van der Waals surface area contributed by atoms with E-state index in [-0.39, 0.29) is 12.1 Å². The molecule has 106 valence electrons. The van der Waals surface area contributed by atoms with Crippen molar-refractivity contribution in [1.29, 1.82) is 0 Å². The number of carbonyl (C=O) groups is 1. The van der Waals surface area contributed by atoms with Crippen LogP contribution in [0.1, 0.15) is 31.4 Å². The van der Waals surface area contributed by atoms with Crippen molar-refractivity contribution in [2.24, 2.45) is 0 Å². The van der Waals surface area contributed by atoms with Crippen LogP contribution in [0.3, 0.4) is 0 Å². The zero-order chi connectivity index (χ0) is 14.4. The number of hydrogen-bond acceptors (Lipinski definition) is 3. The van der Waals surface area contributed by atoms with Gasteiger partial charge in [0.15, 0.2) is 0 Å². The van der Waals surface area contributed by atoms with Crippen molar-refractivity contribution >= 4 is 5.97 Å². The minimum absolute atomic E-state index is 0.0606. The molecule has 3 N–H and O–H groups in total. The van der Waals surface area contributed by atoms with E-state index in [0.717, 1.165) is 12.1 Å². The molecule has 0 amide bonds. The van der Waals surface area contributed by atoms with Crippen LogP contribution in [-0.2, 0) is 4.79 Å². The van der Waals surface area contributed by atoms with E-state index in [0.29, 0.717) is 18.9 Å². The van der Waals surface area contributed by atoms with E-state index in [9.17, 15) is 18.7 Å². The summed E-state index contributed by atoms with van der Waals surface area (Å²) < 4.78 is 26.1. The third-order valence-corrected chi connectivity index (χ3v) is 2.75. The number of rotatable bonds is 7. The predicted octanol–water partition coefficient (Wildman–Crippen LogP) is 1.84. The molecule has 0 heterocycles. The van der Waals surface area contributed by atoms with Gasteiger partial charge in [0.05, 0.1) is 6.10 Å². The first-order chi connectivity index (χ1) is 8.95. The Balaban J connectivity index is 2.63. The summed E-state index contributed by atoms with van der Waals surface area (Å²) >= 11 is 0. The van der Waals surface area contributed by atoms with Crippen molar-refractivity contribution in [1.82, 2.24) is 5.32 Å². The molecule has 0 saturated carbocycles. The number of carboxylic acids is 1. The summed E-state index contributed by atoms with van der Waals surface area (Å²) in [6.07, 6.45) is -0.141. The number of halogens is 2. The smallest absolute Gasteiger partial charge is 0.320 e. The Bertz CT molecular complexity index is 440. The molecule has 0 fully saturated rings. The first kappa shape index (κ1) is 15.5. The van der Waals surface area contributed by atoms with Crippen LogP contribution >= 0.6 is 0 Å². The molecule has 0 aliphatic rings. The van der Waals surface area contributed by atoms with E-state index in [4.69, 9.17) is 5.11 Å². The van der Waals surface area contributed by atoms with Crippen molar-refractivity contribution in [2.75, 3.05) is 6.54 Å². The summed E-state index contributed by atoms with van der Waals surface area (Å²) in [6, 6.07) is 2.08. The lowest BCUT2D eigenvalue weighted by molar-refractivity contribution is -0.139. The minimum Gasteiger partial charge on any atom is -0.480 e. The van der Waals surface area contributed by atoms with Gasteiger partial charge in [0.25, 0.3) is 0 Å². The van der Waals surface area contributed by atoms with Gasteiger partial charge in [-0.2, -0.15) is 0 Å². The molecule has 0 saturated heterocycles. The first-order valence-corrected chi connectivity index (χ1v) is 6.05. The van der Waals surface area contributed by atoms with E-state index in [2.05, 4.69) is 5.32 Å². The van der Waals surface area contributed by atoms with Crippen LogP contribution < -0.4 is 5.32 Å². The Kier molecular flexibility index (Phi) is 5.85. The number of aliphatic hydroxyl groups excluding tert-OH is 1. The number of aliphatic hydroxyl groups is 1. The van der Waals surface area contributed by atoms with Crippen LogP contribution in [0.25, 0.3) is 0 Å². The third-order valence-electron chi connectivity index (χ3n) is 2.75. The highest BCUT2D eigenvalue weighted by Crippen LogP contribution is 2.17. The molecule has 1 aromatic rings. The summed E-state index contributed by atoms with van der Waals surface area (Å²) in [6.45, 7) is 1.73. The summed E-state index contributed by atoms with van der Waals surface area (Å²) in [4.78, 5) is 10.9. The van der Waals surface area contributed by atoms with Gasteiger partial charge in [-0.05, 0) is 12.5 Å². The van der Waals surface area contributed by atoms with Gasteiger partial charge < -0.3 is 15.5 Å². The van der Waals surface area contributed by atoms with Crippen LogP contribution in [0.2, 0.25) is 0 Å². The van der Waals surface area contributed by atoms with Crippen LogP contribution in [-0.4, -0.2) is 28.8 Å². The first-order valence-electron chi connectivity index (χ1n) is 6.05. The van der Waals surface area contributed by atoms with Gasteiger partial charge in [-0.3, -0.25) is 4.79 Å². The maximum absolute atomic E-state index is 13.4. The van der Waals surface area contributed by atoms with Gasteiger partial charge in [-0.15, -0.1) is 0 Å². The molecule has 0 aromatic heterocycles. The van der Waals surface area contributed by atoms with Crippen LogP contribution in [0.4, 0.5) is 8.78 Å². The molecular formula is C13H17F2NO3. The minimum atomic E-state index is -1.22. The maximum atomic E-state index is 13.4. The number of nitrogens with one attached hydrogen (secondary N) is 1. The van der Waals surface area contributed by atoms with Crippen molar-refractivity contribution in [3.8, 4) is 0 Å². The summed E-state index contributed by atoms with van der Waals surface area (Å²) in [5, 5.41) is 21.3. The average molecular weight is 273 g/mol. The van der Waals surface area contributed by atoms with Crippen molar-refractivity contribution in [3.63, 3.8) is 0 Å². The molecule has 6 heteroatoms. The SMILES string of the molecule is CCCC(NC[C@@H](O)c1ccc(F)cc1F)C(=O)O. The molecule has 1 rings (SSSR count). The number of aliphatic carboxylic acids is 1. The summed E-state index contributed by atoms with van der Waals surface area (Å²) in [5.74, 6) is -2.60. The Morgan fingerprint density at radius 2 is 2.11 bits per heavy atom. The number of benzene rings is 1. The molecule has 4 nitrogen and oxygen atoms in total. The van der Waals surface area contributed by atoms with Gasteiger partial charge in [0.2, 0.25) is 0 Å². The van der Waals surface area contributed by atoms with Gasteiger partial charge in [-0.25, -0.2) is 8.78 Å². The van der Waals surface area contributed by atoms with Gasteiger partial charge >= 0.3 is 5.97 Å². The number of hydrogen-bond donors (Lipinski definition) is 3. The Morgan fingerprint density at radius 3 is 2.63 bits per heavy atom. The van der Waals surface area contributed by atoms with E-state index >= 15 is 0 Å². The van der Waals surface area contributed by atoms with Crippen LogP contribution in [0.15, 0.2) is 18.2 Å². The largest absolute Gasteiger partial charge is 0.480 e. The second-order valence-electron chi connectivity index (χ2n) is 4.27. The second-order valence-corrected chi connectivity index (χ2v) is 4.27. The van der Waals surface area contributed by atoms with Gasteiger partial charge in [0.1, 0.15) is 17.7 Å². The lowest BCUT2D eigenvalue weighted by Crippen LogP contribution is -2.39. The topological polar surface area (TPSA) is 69.6 Å². The normalized spacial score (nSPS) is 14.1. The third kappa shape index (κ3) is 4.57. The maximum Gasteiger partial charge on any atom is 0.320 e. The van der Waals surface area contributed by atoms with Gasteiger partial charge in [-0.1, -0.05) is 19.4 Å². The fourth-order valence-electron chi connectivity index (χ4n) is 1.74. The number of carboxylic acid groups (broad SMARTS) is 1. The zero-order valence-corrected chi connectivity index (χ0v) is 10.6. The molecule has 2 atom stereocenters. The highest BCUT2D eigenvalue weighted by molar-refractivity contribution is 5.73. The fraction of sp³-hybridized carbons (Fsp3) is 0.462. The monoisotopic (exact) mass is 273 g/mol. The van der Waals surface area contributed by atoms with E-state index in [1.54, 1.807) is 0 Å². The highest BCUT2D eigenvalue weighted by Gasteiger charge is 2.19. The van der Waals surface area contributed by atoms with Gasteiger partial charge in [0, 0.05) is 18.2 Å². The fourth-order valence-corrected chi connectivity index (χ4v) is 1.74. The quantitative estimate of drug-likeness (QED) is 0.709. The van der Waals surface area contributed by atoms with E-state index < -0.39 is 29.7 Å². The Hall–Kier alpha value is -1.53. The van der Waals surface area contributed by atoms with Crippen molar-refractivity contribution in [2.45, 2.75) is 31.9 Å². The molecule has 0 spiro atoms. The Labute approximate surface area is 110 Å². The second kappa shape index (κ2) is 7.16. The average Bonchev–Trinajstić information content (AvgIpc) is 2.33. The highest BCUT2D eigenvalue weighted by atomic mass is 19.1. The van der Waals surface area contributed by atoms with Crippen molar-refractivity contribution in [3.05, 3.63) is 35.4 Å². The lowest BCUT2D eigenvalue weighted by Gasteiger charge is -2.17. The van der Waals surface area contributed by atoms with E-state index in [1.807, 2.05) is 6.92 Å². The van der Waals surface area contributed by atoms with Crippen LogP contribution in [0, 0.1) is 11.6 Å². The standard InChI is InChI=1S/C13H17F2NO3/c1-2-3-11(13(18)19)16-7-12(17)9-5-4-8(14)6-10(9)15/h4-6,11-12,16-17H,2-3,7H2,1H3,(H,18,19)/t11?,12-/m1/s1.